The number of anilines is 1. The molecule has 6 heterocycles. The fraction of sp³-hybridized carbons (Fsp3) is 0.618. The molecule has 2 aliphatic rings. The molecule has 38 nitrogen and oxygen atoms in total. The molecule has 4 aromatic rings. The van der Waals surface area contributed by atoms with Gasteiger partial charge in [0.2, 0.25) is 29.5 Å². The summed E-state index contributed by atoms with van der Waals surface area (Å²) >= 11 is 2.52. The predicted octanol–water partition coefficient (Wildman–Crippen LogP) is -10.7. The summed E-state index contributed by atoms with van der Waals surface area (Å²) in [6.45, 7) is 3.18. The van der Waals surface area contributed by atoms with Crippen LogP contribution in [0.3, 0.4) is 0 Å². The van der Waals surface area contributed by atoms with Crippen LogP contribution in [0.5, 0.6) is 0 Å². The molecule has 42 heteroatoms. The van der Waals surface area contributed by atoms with Gasteiger partial charge in [0, 0.05) is 55.2 Å². The van der Waals surface area contributed by atoms with Crippen molar-refractivity contribution >= 4 is 86.8 Å². The quantitative estimate of drug-likeness (QED) is 0.0150. The van der Waals surface area contributed by atoms with Gasteiger partial charge in [-0.3, -0.25) is 33.6 Å². The number of imidazole rings is 1. The highest BCUT2D eigenvalue weighted by molar-refractivity contribution is 7.95. The molecule has 0 bridgehead atoms. The van der Waals surface area contributed by atoms with Crippen LogP contribution in [-0.4, -0.2) is 267 Å². The van der Waals surface area contributed by atoms with Gasteiger partial charge in [0.05, 0.1) is 85.2 Å². The molecule has 0 spiro atoms. The highest BCUT2D eigenvalue weighted by atomic mass is 79.9. The number of nitrogen functional groups attached to an aromatic ring is 1. The maximum atomic E-state index is 15.2. The first-order valence-electron chi connectivity index (χ1n) is 29.8. The largest absolute Gasteiger partial charge is 1.00 e. The number of halogens is 1. The zero-order valence-electron chi connectivity index (χ0n) is 53.3. The Labute approximate surface area is 575 Å². The highest BCUT2D eigenvalue weighted by Gasteiger charge is 2.54. The van der Waals surface area contributed by atoms with Crippen LogP contribution in [0, 0.1) is 12.8 Å². The van der Waals surface area contributed by atoms with Crippen molar-refractivity contribution in [1.82, 2.24) is 61.8 Å². The maximum absolute atomic E-state index is 15.2. The van der Waals surface area contributed by atoms with E-state index in [1.165, 1.54) is 50.4 Å². The summed E-state index contributed by atoms with van der Waals surface area (Å²) in [5, 5.41) is 108. The molecule has 8 amide bonds. The molecule has 2 fully saturated rings. The van der Waals surface area contributed by atoms with Crippen molar-refractivity contribution in [2.45, 2.75) is 157 Å². The number of nitrogens with zero attached hydrogens (tertiary/aromatic N) is 5. The monoisotopic (exact) mass is 1490 g/mol. The zero-order chi connectivity index (χ0) is 71.0. The van der Waals surface area contributed by atoms with Gasteiger partial charge in [-0.15, -0.1) is 22.7 Å². The fourth-order valence-electron chi connectivity index (χ4n) is 9.80. The van der Waals surface area contributed by atoms with Gasteiger partial charge in [-0.2, -0.15) is 0 Å². The number of carbonyl (C=O) groups excluding carboxylic acids is 8. The van der Waals surface area contributed by atoms with E-state index in [-0.39, 0.29) is 81.9 Å². The average Bonchev–Trinajstić information content (AvgIpc) is 1.16. The third kappa shape index (κ3) is 21.8. The predicted molar refractivity (Wildman–Crippen MR) is 339 cm³/mol. The van der Waals surface area contributed by atoms with Crippen LogP contribution in [0.2, 0.25) is 0 Å². The maximum Gasteiger partial charge on any atom is 0.404 e. The summed E-state index contributed by atoms with van der Waals surface area (Å²) in [5.74, 6) is -7.69. The Morgan fingerprint density at radius 3 is 2.08 bits per heavy atom. The fourth-order valence-corrected chi connectivity index (χ4v) is 12.1. The lowest BCUT2D eigenvalue weighted by Gasteiger charge is -2.47. The minimum Gasteiger partial charge on any atom is -1.00 e. The summed E-state index contributed by atoms with van der Waals surface area (Å²) < 4.78 is 28.7. The first-order chi connectivity index (χ1) is 45.3. The number of carbonyl (C=O) groups is 8. The van der Waals surface area contributed by atoms with Crippen molar-refractivity contribution in [2.75, 3.05) is 56.8 Å². The van der Waals surface area contributed by atoms with Crippen LogP contribution in [0.25, 0.3) is 10.7 Å². The summed E-state index contributed by atoms with van der Waals surface area (Å²) in [4.78, 5) is 131. The molecular weight excluding hydrogens is 1410 g/mol. The van der Waals surface area contributed by atoms with Gasteiger partial charge in [-0.1, -0.05) is 6.92 Å². The Bertz CT molecular complexity index is 3290. The van der Waals surface area contributed by atoms with Crippen LogP contribution < -0.4 is 77.6 Å². The molecule has 2 aliphatic heterocycles. The van der Waals surface area contributed by atoms with E-state index in [1.54, 1.807) is 10.8 Å². The molecule has 0 saturated carbocycles. The third-order valence-electron chi connectivity index (χ3n) is 15.3. The van der Waals surface area contributed by atoms with E-state index in [0.29, 0.717) is 22.3 Å². The molecule has 97 heavy (non-hydrogen) atoms. The summed E-state index contributed by atoms with van der Waals surface area (Å²) in [6, 6.07) is -7.85. The molecule has 4 aromatic heterocycles. The second-order valence-electron chi connectivity index (χ2n) is 22.8. The lowest BCUT2D eigenvalue weighted by atomic mass is 9.96. The van der Waals surface area contributed by atoms with Crippen LogP contribution in [0.4, 0.5) is 10.6 Å². The van der Waals surface area contributed by atoms with Gasteiger partial charge in [0.1, 0.15) is 100 Å². The van der Waals surface area contributed by atoms with E-state index in [4.69, 9.17) is 52.4 Å². The van der Waals surface area contributed by atoms with Gasteiger partial charge < -0.3 is 147 Å². The third-order valence-corrected chi connectivity index (χ3v) is 18.2. The van der Waals surface area contributed by atoms with Gasteiger partial charge in [-0.05, 0) is 31.7 Å². The number of aliphatic hydroxyl groups is 8. The minimum absolute atomic E-state index is 0. The molecule has 2 saturated heterocycles. The molecule has 0 aromatic carbocycles. The number of aromatic amines is 1. The number of nitrogens with one attached hydrogen (secondary N) is 7. The lowest BCUT2D eigenvalue weighted by Crippen LogP contribution is -3.00. The van der Waals surface area contributed by atoms with Crippen molar-refractivity contribution < 1.29 is 120 Å². The first kappa shape index (κ1) is 80.9. The van der Waals surface area contributed by atoms with E-state index in [0.717, 1.165) is 24.7 Å². The highest BCUT2D eigenvalue weighted by Crippen LogP contribution is 2.35. The summed E-state index contributed by atoms with van der Waals surface area (Å²) in [5.41, 5.74) is 28.1. The molecule has 0 unspecified atom stereocenters. The van der Waals surface area contributed by atoms with E-state index in [2.05, 4.69) is 74.3 Å². The standard InChI is InChI=1S/C55H83N17O21S3.BrH/c1-20-33(69-46(72-44(20)58)25(12-31(57)76)64-13-24(56)45(59)82)50(86)71-35(41(26-14-61-19-65-26)91-54-43(39(80)37(78)29(15-73)90-54)92-53-40(81)42(93-55(60)88)38(79)30(16-74)89-53)51(87)66-22(3)36(77)21(2)47(83)70-34(23(4)75)49(85)63-10-8-32-67-28(18-94-32)52-68-27(17-95-52)48(84)62-9-7-11-96(5)6;/h14,17-19,21-25,29-30,34-43,53-54,64,73-75,77-81H,7-13,15-16,56H2,1-6H3,(H13-,57,58,59,60,61,62,63,65,66,69,70,71,72,76,82,83,84,85,86,87,88);1H/t21-,22+,23+,24-,25-,29-,30+,34-,35-,36-,37+,38+,39-,40-,41-,42-,43-,53+,54-;/m0./s1. The van der Waals surface area contributed by atoms with Crippen LogP contribution in [-0.2, 0) is 65.0 Å². The average molecular weight is 1500 g/mol. The Balaban J connectivity index is 0.0000170. The van der Waals surface area contributed by atoms with Crippen molar-refractivity contribution in [2.24, 2.45) is 28.9 Å². The number of aromatic nitrogens is 6. The number of hydrogen-bond donors (Lipinski definition) is 20. The Hall–Kier alpha value is -6.82. The smallest absolute Gasteiger partial charge is 0.404 e. The molecular formula is C55H84BrN17O21S3. The van der Waals surface area contributed by atoms with Crippen molar-refractivity contribution in [3.05, 3.63) is 56.8 Å². The lowest BCUT2D eigenvalue weighted by molar-refractivity contribution is -0.372. The van der Waals surface area contributed by atoms with Gasteiger partial charge >= 0.3 is 6.09 Å². The zero-order valence-corrected chi connectivity index (χ0v) is 57.3. The minimum atomic E-state index is -2.20. The molecule has 0 radical (unpaired) electrons. The van der Waals surface area contributed by atoms with Crippen LogP contribution in [0.1, 0.15) is 88.8 Å². The molecule has 0 aliphatic carbocycles. The number of amides is 8. The number of thiazole rings is 2. The van der Waals surface area contributed by atoms with Gasteiger partial charge in [-0.25, -0.2) is 29.7 Å². The van der Waals surface area contributed by atoms with E-state index < -0.39 is 183 Å². The summed E-state index contributed by atoms with van der Waals surface area (Å²) in [6.07, 6.45) is -20.0. The van der Waals surface area contributed by atoms with Crippen LogP contribution >= 0.6 is 22.7 Å². The number of primary amides is 3. The topological polar surface area (TPSA) is 627 Å². The van der Waals surface area contributed by atoms with Crippen molar-refractivity contribution in [3.8, 4) is 10.7 Å². The number of hydrogen-bond acceptors (Lipinski definition) is 31. The Morgan fingerprint density at radius 2 is 1.46 bits per heavy atom. The number of rotatable bonds is 35. The number of ether oxygens (including phenoxy) is 5. The molecule has 19 atom stereocenters. The van der Waals surface area contributed by atoms with Crippen LogP contribution in [0.15, 0.2) is 23.3 Å². The van der Waals surface area contributed by atoms with Crippen molar-refractivity contribution in [3.63, 3.8) is 0 Å². The Morgan fingerprint density at radius 1 is 0.784 bits per heavy atom. The van der Waals surface area contributed by atoms with E-state index in [1.807, 2.05) is 0 Å². The second kappa shape index (κ2) is 37.4. The second-order valence-corrected chi connectivity index (χ2v) is 27.0. The normalized spacial score (nSPS) is 23.8. The van der Waals surface area contributed by atoms with Gasteiger partial charge in [0.15, 0.2) is 18.7 Å². The molecule has 25 N–H and O–H groups in total. The Kier molecular flexibility index (Phi) is 31.2. The number of aliphatic hydroxyl groups excluding tert-OH is 8. The molecule has 6 rings (SSSR count). The van der Waals surface area contributed by atoms with Gasteiger partial charge in [0.25, 0.3) is 11.8 Å². The summed E-state index contributed by atoms with van der Waals surface area (Å²) in [7, 11) is 0.254. The van der Waals surface area contributed by atoms with E-state index >= 15 is 4.79 Å². The number of nitrogens with two attached hydrogens (primary N) is 5. The van der Waals surface area contributed by atoms with E-state index in [9.17, 15) is 74.4 Å². The first-order valence-corrected chi connectivity index (χ1v) is 33.8. The molecule has 540 valence electrons. The SMILES string of the molecule is Cc1c(N)nc([C@H](CC(N)=O)NC[C@H](N)C(N)=O)nc1C(=O)N[C@H](C(=O)N[C@H](C)[C@@H](O)[C@H](C)C(=O)N[C@H](C(=O)NCCc1nc(-c2nc(C(=O)NCCC[S+](C)C)cs2)cs1)[C@@H](C)O)[C@@H](O[C@@H]1O[C@@H](CO)[C@@H](O)[C@H](O)[C@@H]1O[C@H]1O[C@H](CO)[C@@H](O)[C@H](OC(N)=O)[C@@H]1O)c1cnc[nH]1.[Br-]. The van der Waals surface area contributed by atoms with Crippen molar-refractivity contribution in [1.29, 1.82) is 0 Å². The number of H-pyrrole nitrogens is 1.